The van der Waals surface area contributed by atoms with E-state index < -0.39 is 0 Å². The van der Waals surface area contributed by atoms with Gasteiger partial charge in [0.15, 0.2) is 0 Å². The van der Waals surface area contributed by atoms with E-state index in [1.54, 1.807) is 0 Å². The van der Waals surface area contributed by atoms with Crippen LogP contribution in [0.5, 0.6) is 0 Å². The first-order valence-electron chi connectivity index (χ1n) is 6.14. The van der Waals surface area contributed by atoms with Crippen LogP contribution in [0.3, 0.4) is 0 Å². The van der Waals surface area contributed by atoms with E-state index >= 15 is 0 Å². The van der Waals surface area contributed by atoms with Crippen LogP contribution in [-0.2, 0) is 0 Å². The van der Waals surface area contributed by atoms with Gasteiger partial charge in [0.05, 0.1) is 6.07 Å². The van der Waals surface area contributed by atoms with Crippen molar-refractivity contribution in [3.05, 3.63) is 0 Å². The van der Waals surface area contributed by atoms with Crippen molar-refractivity contribution < 1.29 is 0 Å². The molecule has 0 N–H and O–H groups in total. The molecule has 2 aliphatic carbocycles. The van der Waals surface area contributed by atoms with Crippen molar-refractivity contribution >= 4 is 11.8 Å². The molecular weight excluding hydrogens is 202 g/mol. The predicted molar refractivity (Wildman–Crippen MR) is 65.8 cm³/mol. The van der Waals surface area contributed by atoms with Gasteiger partial charge in [-0.15, -0.1) is 11.8 Å². The van der Waals surface area contributed by atoms with Crippen LogP contribution in [0.4, 0.5) is 0 Å². The Morgan fingerprint density at radius 3 is 2.20 bits per heavy atom. The molecule has 2 saturated carbocycles. The smallest absolute Gasteiger partial charge is 0.104 e. The minimum Gasteiger partial charge on any atom is -0.197 e. The Kier molecular flexibility index (Phi) is 3.03. The normalized spacial score (nSPS) is 29.1. The molecule has 2 aliphatic rings. The van der Waals surface area contributed by atoms with E-state index in [1.807, 2.05) is 11.8 Å². The third-order valence-electron chi connectivity index (χ3n) is 3.68. The van der Waals surface area contributed by atoms with Gasteiger partial charge in [0.2, 0.25) is 0 Å². The topological polar surface area (TPSA) is 23.8 Å². The predicted octanol–water partition coefficient (Wildman–Crippen LogP) is 4.13. The van der Waals surface area contributed by atoms with Crippen molar-refractivity contribution in [3.63, 3.8) is 0 Å². The van der Waals surface area contributed by atoms with Crippen LogP contribution >= 0.6 is 11.8 Å². The molecule has 0 amide bonds. The lowest BCUT2D eigenvalue weighted by Crippen LogP contribution is -2.46. The van der Waals surface area contributed by atoms with Crippen LogP contribution < -0.4 is 0 Å². The molecule has 0 spiro atoms. The Morgan fingerprint density at radius 2 is 1.73 bits per heavy atom. The summed E-state index contributed by atoms with van der Waals surface area (Å²) in [6, 6.07) is 2.58. The highest BCUT2D eigenvalue weighted by Gasteiger charge is 2.51. The van der Waals surface area contributed by atoms with Crippen LogP contribution in [0.15, 0.2) is 0 Å². The monoisotopic (exact) mass is 223 g/mol. The van der Waals surface area contributed by atoms with Gasteiger partial charge >= 0.3 is 0 Å². The number of hydrogen-bond donors (Lipinski definition) is 0. The molecule has 0 radical (unpaired) electrons. The molecule has 0 atom stereocenters. The van der Waals surface area contributed by atoms with E-state index in [0.717, 1.165) is 18.1 Å². The fourth-order valence-corrected chi connectivity index (χ4v) is 5.39. The van der Waals surface area contributed by atoms with Gasteiger partial charge in [0.1, 0.15) is 4.75 Å². The summed E-state index contributed by atoms with van der Waals surface area (Å²) in [6.45, 7) is 4.56. The Labute approximate surface area is 97.6 Å². The molecule has 0 aromatic carbocycles. The quantitative estimate of drug-likeness (QED) is 0.702. The third-order valence-corrected chi connectivity index (χ3v) is 5.31. The molecule has 0 aliphatic heterocycles. The highest BCUT2D eigenvalue weighted by molar-refractivity contribution is 8.01. The molecule has 1 nitrogen and oxygen atoms in total. The third kappa shape index (κ3) is 2.50. The highest BCUT2D eigenvalue weighted by Crippen LogP contribution is 2.57. The fraction of sp³-hybridized carbons (Fsp3) is 0.923. The van der Waals surface area contributed by atoms with Gasteiger partial charge in [0.25, 0.3) is 0 Å². The van der Waals surface area contributed by atoms with E-state index in [-0.39, 0.29) is 4.75 Å². The maximum atomic E-state index is 9.33. The second kappa shape index (κ2) is 4.01. The number of nitriles is 1. The molecule has 2 rings (SSSR count). The zero-order valence-electron chi connectivity index (χ0n) is 9.88. The van der Waals surface area contributed by atoms with Gasteiger partial charge in [-0.3, -0.25) is 0 Å². The maximum Gasteiger partial charge on any atom is 0.104 e. The molecule has 2 fully saturated rings. The highest BCUT2D eigenvalue weighted by atomic mass is 32.2. The summed E-state index contributed by atoms with van der Waals surface area (Å²) >= 11 is 2.00. The minimum atomic E-state index is -0.0223. The van der Waals surface area contributed by atoms with Gasteiger partial charge in [-0.1, -0.05) is 33.1 Å². The fourth-order valence-electron chi connectivity index (χ4n) is 3.19. The Bertz CT molecular complexity index is 263. The first-order chi connectivity index (χ1) is 7.05. The van der Waals surface area contributed by atoms with Crippen LogP contribution in [0.2, 0.25) is 0 Å². The van der Waals surface area contributed by atoms with Crippen LogP contribution in [0.25, 0.3) is 0 Å². The standard InChI is InChI=1S/C13H21NS/c1-12(2)8-13(9-12,10-14)15-11-6-4-3-5-7-11/h11H,3-9H2,1-2H3. The van der Waals surface area contributed by atoms with E-state index in [4.69, 9.17) is 0 Å². The number of nitrogens with zero attached hydrogens (tertiary/aromatic N) is 1. The SMILES string of the molecule is CC1(C)CC(C#N)(SC2CCCCC2)C1. The Morgan fingerprint density at radius 1 is 1.13 bits per heavy atom. The molecule has 0 heterocycles. The summed E-state index contributed by atoms with van der Waals surface area (Å²) in [4.78, 5) is 0. The lowest BCUT2D eigenvalue weighted by atomic mass is 9.64. The van der Waals surface area contributed by atoms with E-state index in [1.165, 1.54) is 32.1 Å². The van der Waals surface area contributed by atoms with Gasteiger partial charge < -0.3 is 0 Å². The van der Waals surface area contributed by atoms with Gasteiger partial charge in [-0.25, -0.2) is 0 Å². The second-order valence-electron chi connectivity index (χ2n) is 6.00. The zero-order valence-corrected chi connectivity index (χ0v) is 10.7. The van der Waals surface area contributed by atoms with Crippen molar-refractivity contribution in [2.24, 2.45) is 5.41 Å². The number of hydrogen-bond acceptors (Lipinski definition) is 2. The molecule has 15 heavy (non-hydrogen) atoms. The average Bonchev–Trinajstić information content (AvgIpc) is 2.16. The molecular formula is C13H21NS. The summed E-state index contributed by atoms with van der Waals surface area (Å²) in [5, 5.41) is 10.1. The molecule has 0 aromatic heterocycles. The van der Waals surface area contributed by atoms with Crippen molar-refractivity contribution in [3.8, 4) is 6.07 Å². The van der Waals surface area contributed by atoms with Crippen molar-refractivity contribution in [2.45, 2.75) is 68.8 Å². The van der Waals surface area contributed by atoms with Gasteiger partial charge in [0, 0.05) is 5.25 Å². The maximum absolute atomic E-state index is 9.33. The van der Waals surface area contributed by atoms with E-state index in [9.17, 15) is 5.26 Å². The van der Waals surface area contributed by atoms with Crippen molar-refractivity contribution in [2.75, 3.05) is 0 Å². The number of thioether (sulfide) groups is 1. The second-order valence-corrected chi connectivity index (χ2v) is 7.69. The number of rotatable bonds is 2. The van der Waals surface area contributed by atoms with Crippen molar-refractivity contribution in [1.29, 1.82) is 5.26 Å². The molecule has 0 saturated heterocycles. The molecule has 2 heteroatoms. The van der Waals surface area contributed by atoms with E-state index in [0.29, 0.717) is 5.41 Å². The van der Waals surface area contributed by atoms with Crippen LogP contribution in [0, 0.1) is 16.7 Å². The molecule has 0 unspecified atom stereocenters. The van der Waals surface area contributed by atoms with Crippen LogP contribution in [0.1, 0.15) is 58.8 Å². The van der Waals surface area contributed by atoms with Gasteiger partial charge in [-0.2, -0.15) is 5.26 Å². The Hall–Kier alpha value is -0.160. The lowest BCUT2D eigenvalue weighted by Gasteiger charge is -2.50. The van der Waals surface area contributed by atoms with Crippen LogP contribution in [-0.4, -0.2) is 10.00 Å². The average molecular weight is 223 g/mol. The summed E-state index contributed by atoms with van der Waals surface area (Å²) in [5.41, 5.74) is 0.414. The van der Waals surface area contributed by atoms with Crippen molar-refractivity contribution in [1.82, 2.24) is 0 Å². The largest absolute Gasteiger partial charge is 0.197 e. The lowest BCUT2D eigenvalue weighted by molar-refractivity contribution is 0.161. The van der Waals surface area contributed by atoms with Gasteiger partial charge in [-0.05, 0) is 31.1 Å². The first kappa shape index (κ1) is 11.3. The zero-order chi connectivity index (χ0) is 10.9. The van der Waals surface area contributed by atoms with E-state index in [2.05, 4.69) is 19.9 Å². The summed E-state index contributed by atoms with van der Waals surface area (Å²) < 4.78 is -0.0223. The Balaban J connectivity index is 1.90. The summed E-state index contributed by atoms with van der Waals surface area (Å²) in [6.07, 6.45) is 9.03. The molecule has 0 bridgehead atoms. The summed E-state index contributed by atoms with van der Waals surface area (Å²) in [5.74, 6) is 0. The minimum absolute atomic E-state index is 0.0223. The molecule has 84 valence electrons. The first-order valence-corrected chi connectivity index (χ1v) is 7.02. The summed E-state index contributed by atoms with van der Waals surface area (Å²) in [7, 11) is 0. The molecule has 0 aromatic rings.